The first-order chi connectivity index (χ1) is 19.4. The van der Waals surface area contributed by atoms with Crippen molar-refractivity contribution in [2.24, 2.45) is 0 Å². The van der Waals surface area contributed by atoms with Crippen molar-refractivity contribution < 1.29 is 19.4 Å². The van der Waals surface area contributed by atoms with Crippen molar-refractivity contribution in [3.8, 4) is 16.9 Å². The van der Waals surface area contributed by atoms with E-state index in [1.165, 1.54) is 11.1 Å². The molecule has 1 amide bonds. The van der Waals surface area contributed by atoms with Gasteiger partial charge in [0.1, 0.15) is 5.75 Å². The SMILES string of the molecule is Cc1cccc(OCCCC(=O)N2CCCc3c(-c4cccc(Cc5ccc(C(=O)O)cc5)c4)cccc32)c1C. The smallest absolute Gasteiger partial charge is 0.335 e. The Morgan fingerprint density at radius 3 is 2.48 bits per heavy atom. The molecule has 0 saturated carbocycles. The average molecular weight is 534 g/mol. The van der Waals surface area contributed by atoms with E-state index in [-0.39, 0.29) is 5.91 Å². The van der Waals surface area contributed by atoms with Crippen molar-refractivity contribution in [3.05, 3.63) is 118 Å². The van der Waals surface area contributed by atoms with E-state index in [0.29, 0.717) is 25.0 Å². The van der Waals surface area contributed by atoms with E-state index in [4.69, 9.17) is 9.84 Å². The molecular weight excluding hydrogens is 498 g/mol. The molecule has 0 radical (unpaired) electrons. The van der Waals surface area contributed by atoms with Crippen LogP contribution in [0.1, 0.15) is 57.4 Å². The van der Waals surface area contributed by atoms with Crippen molar-refractivity contribution in [1.82, 2.24) is 0 Å². The van der Waals surface area contributed by atoms with E-state index in [9.17, 15) is 9.59 Å². The summed E-state index contributed by atoms with van der Waals surface area (Å²) >= 11 is 0. The molecule has 5 rings (SSSR count). The molecule has 1 aliphatic rings. The Balaban J connectivity index is 1.27. The number of hydrogen-bond donors (Lipinski definition) is 1. The van der Waals surface area contributed by atoms with Crippen LogP contribution in [0.3, 0.4) is 0 Å². The number of aromatic carboxylic acids is 1. The first-order valence-corrected chi connectivity index (χ1v) is 13.9. The minimum absolute atomic E-state index is 0.140. The lowest BCUT2D eigenvalue weighted by molar-refractivity contribution is -0.118. The van der Waals surface area contributed by atoms with Crippen LogP contribution in [0.2, 0.25) is 0 Å². The second-order valence-corrected chi connectivity index (χ2v) is 10.5. The van der Waals surface area contributed by atoms with Crippen LogP contribution in [0.5, 0.6) is 5.75 Å². The van der Waals surface area contributed by atoms with Gasteiger partial charge in [-0.3, -0.25) is 4.79 Å². The maximum atomic E-state index is 13.3. The number of carbonyl (C=O) groups excluding carboxylic acids is 1. The van der Waals surface area contributed by atoms with E-state index >= 15 is 0 Å². The third kappa shape index (κ3) is 6.09. The highest BCUT2D eigenvalue weighted by molar-refractivity contribution is 5.96. The molecule has 0 aliphatic carbocycles. The van der Waals surface area contributed by atoms with E-state index in [1.54, 1.807) is 12.1 Å². The molecule has 0 bridgehead atoms. The fraction of sp³-hybridized carbons (Fsp3) is 0.257. The quantitative estimate of drug-likeness (QED) is 0.228. The second-order valence-electron chi connectivity index (χ2n) is 10.5. The number of carbonyl (C=O) groups is 2. The molecule has 0 fully saturated rings. The highest BCUT2D eigenvalue weighted by Gasteiger charge is 2.24. The number of amides is 1. The summed E-state index contributed by atoms with van der Waals surface area (Å²) in [5.41, 5.74) is 9.39. The van der Waals surface area contributed by atoms with Gasteiger partial charge in [-0.25, -0.2) is 4.79 Å². The molecule has 0 aromatic heterocycles. The molecule has 5 nitrogen and oxygen atoms in total. The largest absolute Gasteiger partial charge is 0.493 e. The van der Waals surface area contributed by atoms with Crippen molar-refractivity contribution in [2.75, 3.05) is 18.1 Å². The predicted molar refractivity (Wildman–Crippen MR) is 159 cm³/mol. The molecule has 1 heterocycles. The zero-order valence-electron chi connectivity index (χ0n) is 23.2. The molecule has 1 aliphatic heterocycles. The highest BCUT2D eigenvalue weighted by atomic mass is 16.5. The first-order valence-electron chi connectivity index (χ1n) is 13.9. The summed E-state index contributed by atoms with van der Waals surface area (Å²) in [4.78, 5) is 26.4. The van der Waals surface area contributed by atoms with Crippen LogP contribution < -0.4 is 9.64 Å². The summed E-state index contributed by atoms with van der Waals surface area (Å²) in [5, 5.41) is 9.16. The zero-order chi connectivity index (χ0) is 28.1. The van der Waals surface area contributed by atoms with E-state index in [0.717, 1.165) is 65.1 Å². The van der Waals surface area contributed by atoms with Crippen LogP contribution in [0.15, 0.2) is 84.9 Å². The van der Waals surface area contributed by atoms with Gasteiger partial charge in [0.15, 0.2) is 0 Å². The van der Waals surface area contributed by atoms with E-state index in [2.05, 4.69) is 56.3 Å². The second kappa shape index (κ2) is 12.2. The van der Waals surface area contributed by atoms with Crippen molar-refractivity contribution in [2.45, 2.75) is 46.0 Å². The number of anilines is 1. The third-order valence-corrected chi connectivity index (χ3v) is 7.75. The van der Waals surface area contributed by atoms with Crippen LogP contribution in [-0.2, 0) is 17.6 Å². The standard InChI is InChI=1S/C35H35NO4/c1-24-8-3-14-33(25(24)2)40-21-7-15-34(37)36-20-6-12-31-30(11-5-13-32(31)36)29-10-4-9-27(23-29)22-26-16-18-28(19-17-26)35(38)39/h3-5,8-11,13-14,16-19,23H,6-7,12,15,20-22H2,1-2H3,(H,38,39). The molecule has 1 N–H and O–H groups in total. The fourth-order valence-electron chi connectivity index (χ4n) is 5.42. The van der Waals surface area contributed by atoms with Crippen molar-refractivity contribution in [1.29, 1.82) is 0 Å². The molecule has 204 valence electrons. The Labute approximate surface area is 236 Å². The number of aryl methyl sites for hydroxylation is 1. The maximum absolute atomic E-state index is 13.3. The van der Waals surface area contributed by atoms with Gasteiger partial charge in [0.2, 0.25) is 5.91 Å². The lowest BCUT2D eigenvalue weighted by Gasteiger charge is -2.31. The van der Waals surface area contributed by atoms with Gasteiger partial charge in [-0.2, -0.15) is 0 Å². The Morgan fingerprint density at radius 1 is 0.900 bits per heavy atom. The summed E-state index contributed by atoms with van der Waals surface area (Å²) < 4.78 is 5.97. The van der Waals surface area contributed by atoms with Gasteiger partial charge in [0.05, 0.1) is 12.2 Å². The summed E-state index contributed by atoms with van der Waals surface area (Å²) in [6.45, 7) is 5.39. The van der Waals surface area contributed by atoms with E-state index < -0.39 is 5.97 Å². The summed E-state index contributed by atoms with van der Waals surface area (Å²) in [7, 11) is 0. The van der Waals surface area contributed by atoms with Gasteiger partial charge in [-0.1, -0.05) is 60.7 Å². The lowest BCUT2D eigenvalue weighted by Crippen LogP contribution is -2.35. The molecule has 5 heteroatoms. The molecule has 40 heavy (non-hydrogen) atoms. The van der Waals surface area contributed by atoms with Gasteiger partial charge in [-0.05, 0) is 103 Å². The summed E-state index contributed by atoms with van der Waals surface area (Å²) in [5.74, 6) is 0.113. The lowest BCUT2D eigenvalue weighted by atomic mass is 9.90. The van der Waals surface area contributed by atoms with Gasteiger partial charge < -0.3 is 14.7 Å². The number of carboxylic acids is 1. The maximum Gasteiger partial charge on any atom is 0.335 e. The number of benzene rings is 4. The van der Waals surface area contributed by atoms with Crippen LogP contribution >= 0.6 is 0 Å². The third-order valence-electron chi connectivity index (χ3n) is 7.75. The van der Waals surface area contributed by atoms with Crippen LogP contribution in [0, 0.1) is 13.8 Å². The van der Waals surface area contributed by atoms with Gasteiger partial charge >= 0.3 is 5.97 Å². The Kier molecular flexibility index (Phi) is 8.30. The molecule has 0 spiro atoms. The fourth-order valence-corrected chi connectivity index (χ4v) is 5.42. The van der Waals surface area contributed by atoms with Crippen LogP contribution in [0.4, 0.5) is 5.69 Å². The molecule has 0 saturated heterocycles. The van der Waals surface area contributed by atoms with Crippen molar-refractivity contribution in [3.63, 3.8) is 0 Å². The number of carboxylic acid groups (broad SMARTS) is 1. The molecule has 4 aromatic carbocycles. The van der Waals surface area contributed by atoms with Crippen LogP contribution in [0.25, 0.3) is 11.1 Å². The number of nitrogens with zero attached hydrogens (tertiary/aromatic N) is 1. The minimum atomic E-state index is -0.916. The summed E-state index contributed by atoms with van der Waals surface area (Å²) in [6, 6.07) is 27.8. The first kappa shape index (κ1) is 27.2. The number of ether oxygens (including phenoxy) is 1. The molecule has 0 atom stereocenters. The number of fused-ring (bicyclic) bond motifs is 1. The monoisotopic (exact) mass is 533 g/mol. The van der Waals surface area contributed by atoms with Crippen LogP contribution in [-0.4, -0.2) is 30.1 Å². The van der Waals surface area contributed by atoms with Crippen molar-refractivity contribution >= 4 is 17.6 Å². The Bertz CT molecular complexity index is 1520. The Hall–Kier alpha value is -4.38. The molecule has 0 unspecified atom stereocenters. The highest BCUT2D eigenvalue weighted by Crippen LogP contribution is 2.36. The minimum Gasteiger partial charge on any atom is -0.493 e. The average Bonchev–Trinajstić information content (AvgIpc) is 2.97. The normalized spacial score (nSPS) is 12.6. The van der Waals surface area contributed by atoms with E-state index in [1.807, 2.05) is 35.2 Å². The molecular formula is C35H35NO4. The van der Waals surface area contributed by atoms with Gasteiger partial charge in [-0.15, -0.1) is 0 Å². The molecule has 4 aromatic rings. The van der Waals surface area contributed by atoms with Gasteiger partial charge in [0.25, 0.3) is 0 Å². The number of hydrogen-bond acceptors (Lipinski definition) is 3. The predicted octanol–water partition coefficient (Wildman–Crippen LogP) is 7.40. The zero-order valence-corrected chi connectivity index (χ0v) is 23.2. The summed E-state index contributed by atoms with van der Waals surface area (Å²) in [6.07, 6.45) is 3.71. The topological polar surface area (TPSA) is 66.8 Å². The number of rotatable bonds is 9. The van der Waals surface area contributed by atoms with Gasteiger partial charge in [0, 0.05) is 18.7 Å². The Morgan fingerprint density at radius 2 is 1.68 bits per heavy atom.